The van der Waals surface area contributed by atoms with Crippen molar-refractivity contribution < 1.29 is 9.47 Å². The smallest absolute Gasteiger partial charge is 0.191 e. The summed E-state index contributed by atoms with van der Waals surface area (Å²) in [6.45, 7) is 1.18. The second-order valence-electron chi connectivity index (χ2n) is 4.40. The highest BCUT2D eigenvalue weighted by molar-refractivity contribution is 5.85. The summed E-state index contributed by atoms with van der Waals surface area (Å²) >= 11 is 0. The summed E-state index contributed by atoms with van der Waals surface area (Å²) in [7, 11) is 0. The van der Waals surface area contributed by atoms with Gasteiger partial charge >= 0.3 is 0 Å². The van der Waals surface area contributed by atoms with Crippen LogP contribution >= 0.6 is 12.4 Å². The Bertz CT molecular complexity index is 587. The van der Waals surface area contributed by atoms with Gasteiger partial charge in [0.15, 0.2) is 5.96 Å². The SMILES string of the molecule is Cl.NC(N)=Nc1cccc(OCCCOc2ccccc2)c1. The average molecular weight is 322 g/mol. The Kier molecular flexibility index (Phi) is 7.64. The Balaban J connectivity index is 0.00000242. The number of ether oxygens (including phenoxy) is 2. The first kappa shape index (κ1) is 17.7. The molecule has 2 rings (SSSR count). The summed E-state index contributed by atoms with van der Waals surface area (Å²) in [5.74, 6) is 1.63. The van der Waals surface area contributed by atoms with E-state index in [1.807, 2.05) is 48.5 Å². The normalized spacial score (nSPS) is 9.45. The maximum atomic E-state index is 5.64. The zero-order chi connectivity index (χ0) is 14.9. The van der Waals surface area contributed by atoms with E-state index in [1.165, 1.54) is 0 Å². The van der Waals surface area contributed by atoms with Crippen molar-refractivity contribution in [3.63, 3.8) is 0 Å². The van der Waals surface area contributed by atoms with Crippen molar-refractivity contribution in [3.05, 3.63) is 54.6 Å². The number of halogens is 1. The predicted octanol–water partition coefficient (Wildman–Crippen LogP) is 2.86. The molecule has 118 valence electrons. The minimum atomic E-state index is 0. The van der Waals surface area contributed by atoms with Crippen LogP contribution in [-0.2, 0) is 0 Å². The standard InChI is InChI=1S/C16H19N3O2.ClH/c17-16(18)19-13-6-4-9-15(12-13)21-11-5-10-20-14-7-2-1-3-8-14;/h1-4,6-9,12H,5,10-11H2,(H4,17,18,19);1H. The Hall–Kier alpha value is -2.40. The molecule has 0 fully saturated rings. The first-order chi connectivity index (χ1) is 10.2. The van der Waals surface area contributed by atoms with Crippen LogP contribution in [0.2, 0.25) is 0 Å². The van der Waals surface area contributed by atoms with Crippen LogP contribution < -0.4 is 20.9 Å². The minimum absolute atomic E-state index is 0. The summed E-state index contributed by atoms with van der Waals surface area (Å²) in [6.07, 6.45) is 0.793. The van der Waals surface area contributed by atoms with Crippen molar-refractivity contribution in [1.29, 1.82) is 0 Å². The summed E-state index contributed by atoms with van der Waals surface area (Å²) in [5, 5.41) is 0. The molecule has 0 saturated carbocycles. The molecule has 2 aromatic rings. The first-order valence-electron chi connectivity index (χ1n) is 6.74. The molecule has 0 heterocycles. The lowest BCUT2D eigenvalue weighted by atomic mass is 10.3. The topological polar surface area (TPSA) is 82.9 Å². The highest BCUT2D eigenvalue weighted by Gasteiger charge is 1.97. The van der Waals surface area contributed by atoms with Gasteiger partial charge in [0.05, 0.1) is 18.9 Å². The summed E-state index contributed by atoms with van der Waals surface area (Å²) < 4.78 is 11.2. The highest BCUT2D eigenvalue weighted by Crippen LogP contribution is 2.19. The van der Waals surface area contributed by atoms with Crippen molar-refractivity contribution in [2.24, 2.45) is 16.5 Å². The van der Waals surface area contributed by atoms with Crippen LogP contribution in [0.4, 0.5) is 5.69 Å². The summed E-state index contributed by atoms with van der Waals surface area (Å²) in [5.41, 5.74) is 11.4. The molecule has 0 amide bonds. The minimum Gasteiger partial charge on any atom is -0.493 e. The molecule has 0 aliphatic rings. The fraction of sp³-hybridized carbons (Fsp3) is 0.188. The molecule has 0 saturated heterocycles. The number of nitrogens with two attached hydrogens (primary N) is 2. The summed E-state index contributed by atoms with van der Waals surface area (Å²) in [6, 6.07) is 17.0. The van der Waals surface area contributed by atoms with E-state index in [-0.39, 0.29) is 18.4 Å². The number of aliphatic imine (C=N–C) groups is 1. The van der Waals surface area contributed by atoms with Crippen LogP contribution in [0.5, 0.6) is 11.5 Å². The molecule has 22 heavy (non-hydrogen) atoms. The van der Waals surface area contributed by atoms with Gasteiger partial charge in [-0.3, -0.25) is 0 Å². The van der Waals surface area contributed by atoms with Crippen LogP contribution in [0.3, 0.4) is 0 Å². The first-order valence-corrected chi connectivity index (χ1v) is 6.74. The van der Waals surface area contributed by atoms with Crippen LogP contribution in [0, 0.1) is 0 Å². The fourth-order valence-corrected chi connectivity index (χ4v) is 1.75. The zero-order valence-corrected chi connectivity index (χ0v) is 13.0. The third kappa shape index (κ3) is 6.37. The number of nitrogens with zero attached hydrogens (tertiary/aromatic N) is 1. The number of benzene rings is 2. The van der Waals surface area contributed by atoms with Crippen molar-refractivity contribution in [2.45, 2.75) is 6.42 Å². The van der Waals surface area contributed by atoms with Gasteiger partial charge in [-0.15, -0.1) is 12.4 Å². The van der Waals surface area contributed by atoms with Crippen molar-refractivity contribution >= 4 is 24.1 Å². The Morgan fingerprint density at radius 3 is 2.18 bits per heavy atom. The van der Waals surface area contributed by atoms with E-state index >= 15 is 0 Å². The summed E-state index contributed by atoms with van der Waals surface area (Å²) in [4.78, 5) is 3.97. The number of para-hydroxylation sites is 1. The van der Waals surface area contributed by atoms with E-state index < -0.39 is 0 Å². The molecular formula is C16H20ClN3O2. The van der Waals surface area contributed by atoms with Crippen LogP contribution in [0.15, 0.2) is 59.6 Å². The lowest BCUT2D eigenvalue weighted by Gasteiger charge is -2.08. The van der Waals surface area contributed by atoms with Crippen molar-refractivity contribution in [3.8, 4) is 11.5 Å². The maximum absolute atomic E-state index is 5.64. The Morgan fingerprint density at radius 1 is 0.864 bits per heavy atom. The molecule has 0 unspecified atom stereocenters. The van der Waals surface area contributed by atoms with Gasteiger partial charge in [0.25, 0.3) is 0 Å². The lowest BCUT2D eigenvalue weighted by molar-refractivity contribution is 0.247. The molecular weight excluding hydrogens is 302 g/mol. The van der Waals surface area contributed by atoms with Crippen LogP contribution in [0.25, 0.3) is 0 Å². The molecule has 0 spiro atoms. The third-order valence-electron chi connectivity index (χ3n) is 2.65. The van der Waals surface area contributed by atoms with Crippen LogP contribution in [-0.4, -0.2) is 19.2 Å². The second kappa shape index (κ2) is 9.52. The monoisotopic (exact) mass is 321 g/mol. The largest absolute Gasteiger partial charge is 0.493 e. The highest BCUT2D eigenvalue weighted by atomic mass is 35.5. The number of hydrogen-bond donors (Lipinski definition) is 2. The van der Waals surface area contributed by atoms with Crippen molar-refractivity contribution in [2.75, 3.05) is 13.2 Å². The van der Waals surface area contributed by atoms with Gasteiger partial charge in [-0.25, -0.2) is 4.99 Å². The van der Waals surface area contributed by atoms with E-state index in [9.17, 15) is 0 Å². The van der Waals surface area contributed by atoms with Crippen molar-refractivity contribution in [1.82, 2.24) is 0 Å². The number of guanidine groups is 1. The third-order valence-corrected chi connectivity index (χ3v) is 2.65. The molecule has 0 radical (unpaired) electrons. The predicted molar refractivity (Wildman–Crippen MR) is 91.2 cm³/mol. The number of rotatable bonds is 7. The second-order valence-corrected chi connectivity index (χ2v) is 4.40. The van der Waals surface area contributed by atoms with Gasteiger partial charge < -0.3 is 20.9 Å². The molecule has 0 aromatic heterocycles. The lowest BCUT2D eigenvalue weighted by Crippen LogP contribution is -2.21. The van der Waals surface area contributed by atoms with Gasteiger partial charge in [0, 0.05) is 12.5 Å². The number of hydrogen-bond acceptors (Lipinski definition) is 3. The van der Waals surface area contributed by atoms with E-state index in [0.29, 0.717) is 18.9 Å². The molecule has 6 heteroatoms. The Morgan fingerprint density at radius 2 is 1.50 bits per heavy atom. The van der Waals surface area contributed by atoms with Gasteiger partial charge in [-0.1, -0.05) is 24.3 Å². The van der Waals surface area contributed by atoms with Gasteiger partial charge in [-0.2, -0.15) is 0 Å². The van der Waals surface area contributed by atoms with E-state index in [0.717, 1.165) is 17.9 Å². The molecule has 0 atom stereocenters. The molecule has 5 nitrogen and oxygen atoms in total. The van der Waals surface area contributed by atoms with Crippen LogP contribution in [0.1, 0.15) is 6.42 Å². The molecule has 4 N–H and O–H groups in total. The van der Waals surface area contributed by atoms with Gasteiger partial charge in [0.1, 0.15) is 11.5 Å². The molecule has 0 aliphatic carbocycles. The maximum Gasteiger partial charge on any atom is 0.191 e. The van der Waals surface area contributed by atoms with Gasteiger partial charge in [-0.05, 0) is 24.3 Å². The van der Waals surface area contributed by atoms with E-state index in [2.05, 4.69) is 4.99 Å². The average Bonchev–Trinajstić information content (AvgIpc) is 2.48. The van der Waals surface area contributed by atoms with E-state index in [4.69, 9.17) is 20.9 Å². The van der Waals surface area contributed by atoms with Gasteiger partial charge in [0.2, 0.25) is 0 Å². The quantitative estimate of drug-likeness (QED) is 0.466. The van der Waals surface area contributed by atoms with E-state index in [1.54, 1.807) is 6.07 Å². The molecule has 0 aliphatic heterocycles. The Labute approximate surface area is 136 Å². The molecule has 0 bridgehead atoms. The zero-order valence-electron chi connectivity index (χ0n) is 12.1. The molecule has 2 aromatic carbocycles. The fourth-order valence-electron chi connectivity index (χ4n) is 1.75.